The fourth-order valence-electron chi connectivity index (χ4n) is 9.19. The largest absolute Gasteiger partial charge is 0.287 e. The predicted octanol–water partition coefficient (Wildman–Crippen LogP) is 13.0. The molecule has 6 aromatic carbocycles. The predicted molar refractivity (Wildman–Crippen MR) is 218 cm³/mol. The molecule has 0 amide bonds. The maximum Gasteiger partial charge on any atom is 0.0722 e. The molecule has 1 nitrogen and oxygen atoms in total. The van der Waals surface area contributed by atoms with Crippen molar-refractivity contribution in [2.75, 3.05) is 7.05 Å². The second-order valence-corrected chi connectivity index (χ2v) is 16.9. The van der Waals surface area contributed by atoms with Gasteiger partial charge in [0.15, 0.2) is 0 Å². The van der Waals surface area contributed by atoms with Crippen LogP contribution < -0.4 is 0 Å². The van der Waals surface area contributed by atoms with Crippen molar-refractivity contribution >= 4 is 11.3 Å². The van der Waals surface area contributed by atoms with Gasteiger partial charge >= 0.3 is 0 Å². The summed E-state index contributed by atoms with van der Waals surface area (Å²) in [5.74, 6) is 0. The van der Waals surface area contributed by atoms with E-state index in [-0.39, 0.29) is 16.2 Å². The van der Waals surface area contributed by atoms with Gasteiger partial charge in [0.25, 0.3) is 0 Å². The van der Waals surface area contributed by atoms with E-state index in [0.717, 1.165) is 22.4 Å². The Kier molecular flexibility index (Phi) is 6.60. The van der Waals surface area contributed by atoms with Crippen LogP contribution in [0.1, 0.15) is 87.4 Å². The number of rotatable bonds is 2. The van der Waals surface area contributed by atoms with E-state index in [9.17, 15) is 0 Å². The van der Waals surface area contributed by atoms with Gasteiger partial charge in [-0.2, -0.15) is 0 Å². The molecular weight excluding hydrogens is 615 g/mol. The van der Waals surface area contributed by atoms with Crippen LogP contribution in [-0.4, -0.2) is 12.8 Å². The minimum Gasteiger partial charge on any atom is -0.287 e. The number of nitrogens with zero attached hydrogens (tertiary/aromatic N) is 1. The molecule has 0 heterocycles. The summed E-state index contributed by atoms with van der Waals surface area (Å²) >= 11 is 0. The zero-order valence-electron chi connectivity index (χ0n) is 31.1. The van der Waals surface area contributed by atoms with Crippen LogP contribution in [0.3, 0.4) is 0 Å². The number of hydrogen-bond acceptors (Lipinski definition) is 1. The number of hydrogen-bond donors (Lipinski definition) is 0. The molecule has 0 atom stereocenters. The fourth-order valence-corrected chi connectivity index (χ4v) is 9.19. The lowest BCUT2D eigenvalue weighted by molar-refractivity contribution is 0.584. The summed E-state index contributed by atoms with van der Waals surface area (Å²) in [6, 6.07) is 43.9. The SMILES string of the molecule is C=C1C(=NC)c2ccccc2-c2ccc(-c3ccc4c(c3)-c3ccc(-c5ccc6c(c5)-c5ccc(C(C)(C)C)cc5C6(C)C)cc3C4(C)C)cc21. The van der Waals surface area contributed by atoms with Crippen molar-refractivity contribution in [2.24, 2.45) is 4.99 Å². The van der Waals surface area contributed by atoms with Gasteiger partial charge in [-0.1, -0.05) is 146 Å². The van der Waals surface area contributed by atoms with Gasteiger partial charge in [0.1, 0.15) is 0 Å². The third-order valence-electron chi connectivity index (χ3n) is 12.2. The maximum absolute atomic E-state index is 4.65. The normalized spacial score (nSPS) is 16.6. The van der Waals surface area contributed by atoms with Crippen molar-refractivity contribution in [2.45, 2.75) is 64.7 Å². The summed E-state index contributed by atoms with van der Waals surface area (Å²) < 4.78 is 0. The first kappa shape index (κ1) is 31.7. The molecule has 9 rings (SSSR count). The number of fused-ring (bicyclic) bond motifs is 9. The maximum atomic E-state index is 4.65. The molecule has 6 aromatic rings. The Morgan fingerprint density at radius 1 is 0.451 bits per heavy atom. The van der Waals surface area contributed by atoms with E-state index in [1.54, 1.807) is 0 Å². The highest BCUT2D eigenvalue weighted by atomic mass is 14.7. The Labute approximate surface area is 303 Å². The molecule has 250 valence electrons. The molecule has 0 bridgehead atoms. The van der Waals surface area contributed by atoms with Gasteiger partial charge in [0, 0.05) is 29.0 Å². The molecule has 0 aliphatic heterocycles. The van der Waals surface area contributed by atoms with Crippen molar-refractivity contribution in [3.05, 3.63) is 161 Å². The second kappa shape index (κ2) is 10.6. The van der Waals surface area contributed by atoms with Crippen LogP contribution in [0.15, 0.2) is 127 Å². The molecule has 3 aliphatic rings. The van der Waals surface area contributed by atoms with Crippen LogP contribution in [-0.2, 0) is 16.2 Å². The van der Waals surface area contributed by atoms with Crippen molar-refractivity contribution in [1.82, 2.24) is 0 Å². The van der Waals surface area contributed by atoms with Crippen LogP contribution in [0.4, 0.5) is 0 Å². The lowest BCUT2D eigenvalue weighted by Crippen LogP contribution is -2.17. The zero-order valence-corrected chi connectivity index (χ0v) is 31.1. The summed E-state index contributed by atoms with van der Waals surface area (Å²) in [7, 11) is 1.86. The summed E-state index contributed by atoms with van der Waals surface area (Å²) in [5, 5.41) is 0. The van der Waals surface area contributed by atoms with E-state index >= 15 is 0 Å². The quantitative estimate of drug-likeness (QED) is 0.175. The molecule has 0 saturated carbocycles. The van der Waals surface area contributed by atoms with Gasteiger partial charge < -0.3 is 0 Å². The molecule has 51 heavy (non-hydrogen) atoms. The molecular formula is C50H45N. The standard InChI is InChI=1S/C50H45N/c1-29-40-24-30(14-19-36(40)35-12-10-11-13-39(35)47(29)51-9)31-16-22-43-41(25-31)37-20-15-33(27-45(37)49(43,5)6)32-17-23-44-42(26-32)38-21-18-34(48(2,3)4)28-46(38)50(44,7)8/h10-28H,1H2,2-9H3. The molecule has 3 aliphatic carbocycles. The van der Waals surface area contributed by atoms with E-state index in [0.29, 0.717) is 0 Å². The Morgan fingerprint density at radius 2 is 0.902 bits per heavy atom. The van der Waals surface area contributed by atoms with E-state index in [4.69, 9.17) is 0 Å². The average molecular weight is 660 g/mol. The lowest BCUT2D eigenvalue weighted by Gasteiger charge is -2.25. The third kappa shape index (κ3) is 4.50. The van der Waals surface area contributed by atoms with Crippen molar-refractivity contribution in [3.8, 4) is 55.6 Å². The highest BCUT2D eigenvalue weighted by molar-refractivity contribution is 6.36. The fraction of sp³-hybridized carbons (Fsp3) is 0.220. The third-order valence-corrected chi connectivity index (χ3v) is 12.2. The van der Waals surface area contributed by atoms with E-state index in [1.807, 2.05) is 7.05 Å². The van der Waals surface area contributed by atoms with Crippen molar-refractivity contribution in [3.63, 3.8) is 0 Å². The monoisotopic (exact) mass is 659 g/mol. The minimum atomic E-state index is -0.103. The second-order valence-electron chi connectivity index (χ2n) is 16.9. The highest BCUT2D eigenvalue weighted by Crippen LogP contribution is 2.53. The zero-order chi connectivity index (χ0) is 35.6. The Hall–Kier alpha value is -5.27. The van der Waals surface area contributed by atoms with E-state index in [2.05, 4.69) is 175 Å². The summed E-state index contributed by atoms with van der Waals surface area (Å²) in [6.45, 7) is 20.9. The number of allylic oxidation sites excluding steroid dienone is 1. The molecule has 0 spiro atoms. The van der Waals surface area contributed by atoms with Crippen LogP contribution >= 0.6 is 0 Å². The van der Waals surface area contributed by atoms with E-state index in [1.165, 1.54) is 83.5 Å². The lowest BCUT2D eigenvalue weighted by atomic mass is 9.79. The average Bonchev–Trinajstić information content (AvgIpc) is 3.49. The van der Waals surface area contributed by atoms with Crippen LogP contribution in [0.5, 0.6) is 0 Å². The first-order valence-corrected chi connectivity index (χ1v) is 18.3. The van der Waals surface area contributed by atoms with Crippen molar-refractivity contribution in [1.29, 1.82) is 0 Å². The minimum absolute atomic E-state index is 0.0224. The highest BCUT2D eigenvalue weighted by Gasteiger charge is 2.38. The van der Waals surface area contributed by atoms with Gasteiger partial charge in [-0.3, -0.25) is 4.99 Å². The molecule has 0 N–H and O–H groups in total. The molecule has 0 radical (unpaired) electrons. The Bertz CT molecular complexity index is 2530. The number of aliphatic imine (C=N–C) groups is 1. The van der Waals surface area contributed by atoms with Crippen LogP contribution in [0.2, 0.25) is 0 Å². The van der Waals surface area contributed by atoms with Gasteiger partial charge in [-0.05, 0) is 119 Å². The summed E-state index contributed by atoms with van der Waals surface area (Å²) in [5.41, 5.74) is 24.1. The van der Waals surface area contributed by atoms with E-state index < -0.39 is 0 Å². The molecule has 0 unspecified atom stereocenters. The molecule has 1 heteroatoms. The van der Waals surface area contributed by atoms with Gasteiger partial charge in [0.05, 0.1) is 5.71 Å². The van der Waals surface area contributed by atoms with Crippen molar-refractivity contribution < 1.29 is 0 Å². The Balaban J connectivity index is 1.10. The summed E-state index contributed by atoms with van der Waals surface area (Å²) in [4.78, 5) is 4.65. The van der Waals surface area contributed by atoms with Gasteiger partial charge in [0.2, 0.25) is 0 Å². The molecule has 0 saturated heterocycles. The first-order chi connectivity index (χ1) is 24.3. The smallest absolute Gasteiger partial charge is 0.0722 e. The van der Waals surface area contributed by atoms with Gasteiger partial charge in [-0.25, -0.2) is 0 Å². The Morgan fingerprint density at radius 3 is 1.47 bits per heavy atom. The molecule has 0 aromatic heterocycles. The van der Waals surface area contributed by atoms with Crippen LogP contribution in [0.25, 0.3) is 61.2 Å². The molecule has 0 fully saturated rings. The first-order valence-electron chi connectivity index (χ1n) is 18.3. The topological polar surface area (TPSA) is 12.4 Å². The summed E-state index contributed by atoms with van der Waals surface area (Å²) in [6.07, 6.45) is 0. The number of benzene rings is 6. The van der Waals surface area contributed by atoms with Crippen LogP contribution in [0, 0.1) is 0 Å². The van der Waals surface area contributed by atoms with Gasteiger partial charge in [-0.15, -0.1) is 0 Å².